The van der Waals surface area contributed by atoms with Gasteiger partial charge in [-0.3, -0.25) is 4.79 Å². The van der Waals surface area contributed by atoms with Gasteiger partial charge in [-0.05, 0) is 54.9 Å². The summed E-state index contributed by atoms with van der Waals surface area (Å²) in [5.74, 6) is 1.00. The van der Waals surface area contributed by atoms with E-state index in [0.717, 1.165) is 37.6 Å². The van der Waals surface area contributed by atoms with Crippen LogP contribution in [0, 0.1) is 0 Å². The molecule has 0 aromatic heterocycles. The highest BCUT2D eigenvalue weighted by atomic mass is 16.5. The van der Waals surface area contributed by atoms with E-state index in [9.17, 15) is 4.79 Å². The van der Waals surface area contributed by atoms with E-state index in [1.807, 2.05) is 30.3 Å². The number of hydrogen-bond acceptors (Lipinski definition) is 4. The van der Waals surface area contributed by atoms with Gasteiger partial charge in [-0.1, -0.05) is 26.0 Å². The molecular formula is C22H29N3O2. The molecule has 1 aliphatic rings. The van der Waals surface area contributed by atoms with Crippen LogP contribution in [0.5, 0.6) is 5.75 Å². The normalized spacial score (nSPS) is 15.0. The van der Waals surface area contributed by atoms with Crippen LogP contribution in [0.3, 0.4) is 0 Å². The van der Waals surface area contributed by atoms with Crippen LogP contribution >= 0.6 is 0 Å². The summed E-state index contributed by atoms with van der Waals surface area (Å²) in [7, 11) is 2.15. The molecule has 0 unspecified atom stereocenters. The number of carbonyl (C=O) groups is 1. The molecular weight excluding hydrogens is 338 g/mol. The van der Waals surface area contributed by atoms with E-state index in [1.54, 1.807) is 0 Å². The minimum atomic E-state index is -0.155. The number of carbonyl (C=O) groups excluding carboxylic acids is 1. The Balaban J connectivity index is 1.50. The largest absolute Gasteiger partial charge is 0.484 e. The molecule has 5 nitrogen and oxygen atoms in total. The van der Waals surface area contributed by atoms with Crippen molar-refractivity contribution in [2.45, 2.75) is 19.8 Å². The highest BCUT2D eigenvalue weighted by Gasteiger charge is 2.14. The van der Waals surface area contributed by atoms with Gasteiger partial charge in [-0.15, -0.1) is 0 Å². The molecule has 27 heavy (non-hydrogen) atoms. The van der Waals surface area contributed by atoms with Gasteiger partial charge in [0.15, 0.2) is 6.61 Å². The average Bonchev–Trinajstić information content (AvgIpc) is 2.68. The van der Waals surface area contributed by atoms with Gasteiger partial charge in [0.25, 0.3) is 5.91 Å². The Bertz CT molecular complexity index is 750. The van der Waals surface area contributed by atoms with Crippen molar-refractivity contribution in [3.63, 3.8) is 0 Å². The third-order valence-corrected chi connectivity index (χ3v) is 4.91. The van der Waals surface area contributed by atoms with E-state index in [-0.39, 0.29) is 12.5 Å². The molecule has 144 valence electrons. The second kappa shape index (κ2) is 8.91. The van der Waals surface area contributed by atoms with Crippen molar-refractivity contribution >= 4 is 17.3 Å². The van der Waals surface area contributed by atoms with Crippen LogP contribution in [-0.4, -0.2) is 50.6 Å². The van der Waals surface area contributed by atoms with Crippen LogP contribution in [0.4, 0.5) is 11.4 Å². The number of nitrogens with zero attached hydrogens (tertiary/aromatic N) is 2. The molecule has 1 heterocycles. The molecule has 1 fully saturated rings. The Kier molecular flexibility index (Phi) is 6.35. The zero-order valence-electron chi connectivity index (χ0n) is 16.4. The molecule has 0 radical (unpaired) electrons. The van der Waals surface area contributed by atoms with Gasteiger partial charge >= 0.3 is 0 Å². The van der Waals surface area contributed by atoms with Crippen LogP contribution in [0.25, 0.3) is 0 Å². The predicted molar refractivity (Wildman–Crippen MR) is 111 cm³/mol. The van der Waals surface area contributed by atoms with Gasteiger partial charge in [0, 0.05) is 37.6 Å². The van der Waals surface area contributed by atoms with Gasteiger partial charge in [0.1, 0.15) is 5.75 Å². The van der Waals surface area contributed by atoms with E-state index < -0.39 is 0 Å². The van der Waals surface area contributed by atoms with Gasteiger partial charge in [0.05, 0.1) is 0 Å². The summed E-state index contributed by atoms with van der Waals surface area (Å²) >= 11 is 0. The maximum absolute atomic E-state index is 12.2. The van der Waals surface area contributed by atoms with Crippen LogP contribution in [0.2, 0.25) is 0 Å². The molecule has 2 aromatic rings. The van der Waals surface area contributed by atoms with Crippen molar-refractivity contribution < 1.29 is 9.53 Å². The zero-order chi connectivity index (χ0) is 19.2. The molecule has 1 aliphatic heterocycles. The van der Waals surface area contributed by atoms with Crippen molar-refractivity contribution in [3.8, 4) is 5.75 Å². The van der Waals surface area contributed by atoms with Crippen LogP contribution in [0.1, 0.15) is 25.3 Å². The smallest absolute Gasteiger partial charge is 0.262 e. The van der Waals surface area contributed by atoms with Gasteiger partial charge < -0.3 is 19.9 Å². The van der Waals surface area contributed by atoms with E-state index in [0.29, 0.717) is 5.92 Å². The first-order valence-electron chi connectivity index (χ1n) is 9.57. The molecule has 1 N–H and O–H groups in total. The second-order valence-electron chi connectivity index (χ2n) is 7.40. The molecule has 1 amide bonds. The summed E-state index contributed by atoms with van der Waals surface area (Å²) in [5.41, 5.74) is 3.19. The maximum Gasteiger partial charge on any atom is 0.262 e. The monoisotopic (exact) mass is 367 g/mol. The lowest BCUT2D eigenvalue weighted by Gasteiger charge is -2.34. The molecule has 0 bridgehead atoms. The minimum absolute atomic E-state index is 0.00175. The highest BCUT2D eigenvalue weighted by Crippen LogP contribution is 2.21. The molecule has 0 atom stereocenters. The van der Waals surface area contributed by atoms with E-state index >= 15 is 0 Å². The van der Waals surface area contributed by atoms with Crippen molar-refractivity contribution in [1.29, 1.82) is 0 Å². The summed E-state index contributed by atoms with van der Waals surface area (Å²) in [6.07, 6.45) is 0. The maximum atomic E-state index is 12.2. The van der Waals surface area contributed by atoms with E-state index in [2.05, 4.69) is 54.2 Å². The molecule has 0 saturated carbocycles. The quantitative estimate of drug-likeness (QED) is 0.848. The third-order valence-electron chi connectivity index (χ3n) is 4.91. The highest BCUT2D eigenvalue weighted by molar-refractivity contribution is 5.92. The SMILES string of the molecule is CC(C)c1cccc(OCC(=O)Nc2ccc(N3CCN(C)CC3)cc2)c1. The number of anilines is 2. The first-order chi connectivity index (χ1) is 13.0. The van der Waals surface area contributed by atoms with Crippen LogP contribution < -0.4 is 15.0 Å². The number of piperazine rings is 1. The summed E-state index contributed by atoms with van der Waals surface area (Å²) in [5, 5.41) is 2.90. The third kappa shape index (κ3) is 5.47. The number of amides is 1. The van der Waals surface area contributed by atoms with Crippen molar-refractivity contribution in [2.75, 3.05) is 50.1 Å². The number of likely N-dealkylation sites (N-methyl/N-ethyl adjacent to an activating group) is 1. The van der Waals surface area contributed by atoms with Gasteiger partial charge in [-0.2, -0.15) is 0 Å². The Morgan fingerprint density at radius 3 is 2.44 bits per heavy atom. The average molecular weight is 367 g/mol. The Labute approximate surface area is 161 Å². The van der Waals surface area contributed by atoms with E-state index in [1.165, 1.54) is 11.3 Å². The number of hydrogen-bond donors (Lipinski definition) is 1. The second-order valence-corrected chi connectivity index (χ2v) is 7.40. The number of nitrogens with one attached hydrogen (secondary N) is 1. The summed E-state index contributed by atoms with van der Waals surface area (Å²) in [6, 6.07) is 15.9. The molecule has 0 spiro atoms. The summed E-state index contributed by atoms with van der Waals surface area (Å²) in [6.45, 7) is 8.50. The lowest BCUT2D eigenvalue weighted by atomic mass is 10.0. The van der Waals surface area contributed by atoms with Crippen molar-refractivity contribution in [1.82, 2.24) is 4.90 Å². The lowest BCUT2D eigenvalue weighted by Crippen LogP contribution is -2.44. The lowest BCUT2D eigenvalue weighted by molar-refractivity contribution is -0.118. The first-order valence-corrected chi connectivity index (χ1v) is 9.57. The molecule has 2 aromatic carbocycles. The Morgan fingerprint density at radius 1 is 1.07 bits per heavy atom. The van der Waals surface area contributed by atoms with E-state index in [4.69, 9.17) is 4.74 Å². The number of benzene rings is 2. The van der Waals surface area contributed by atoms with Gasteiger partial charge in [-0.25, -0.2) is 0 Å². The Morgan fingerprint density at radius 2 is 1.78 bits per heavy atom. The fraction of sp³-hybridized carbons (Fsp3) is 0.409. The minimum Gasteiger partial charge on any atom is -0.484 e. The Hall–Kier alpha value is -2.53. The van der Waals surface area contributed by atoms with Crippen LogP contribution in [-0.2, 0) is 4.79 Å². The molecule has 3 rings (SSSR count). The number of ether oxygens (including phenoxy) is 1. The van der Waals surface area contributed by atoms with Gasteiger partial charge in [0.2, 0.25) is 0 Å². The number of rotatable bonds is 6. The molecule has 1 saturated heterocycles. The molecule has 5 heteroatoms. The van der Waals surface area contributed by atoms with Crippen LogP contribution in [0.15, 0.2) is 48.5 Å². The summed E-state index contributed by atoms with van der Waals surface area (Å²) in [4.78, 5) is 16.9. The molecule has 0 aliphatic carbocycles. The van der Waals surface area contributed by atoms with Crippen molar-refractivity contribution in [3.05, 3.63) is 54.1 Å². The van der Waals surface area contributed by atoms with Crippen molar-refractivity contribution in [2.24, 2.45) is 0 Å². The standard InChI is InChI=1S/C22H29N3O2/c1-17(2)18-5-4-6-21(15-18)27-16-22(26)23-19-7-9-20(10-8-19)25-13-11-24(3)12-14-25/h4-10,15,17H,11-14,16H2,1-3H3,(H,23,26). The topological polar surface area (TPSA) is 44.8 Å². The zero-order valence-corrected chi connectivity index (χ0v) is 16.4. The fourth-order valence-corrected chi connectivity index (χ4v) is 3.13. The summed E-state index contributed by atoms with van der Waals surface area (Å²) < 4.78 is 5.63. The predicted octanol–water partition coefficient (Wildman–Crippen LogP) is 3.58. The first kappa shape index (κ1) is 19.2. The fourth-order valence-electron chi connectivity index (χ4n) is 3.13.